The molecule has 1 saturated heterocycles. The lowest BCUT2D eigenvalue weighted by Crippen LogP contribution is -2.64. The first-order valence-corrected chi connectivity index (χ1v) is 7.98. The van der Waals surface area contributed by atoms with Crippen LogP contribution in [0.4, 0.5) is 0 Å². The van der Waals surface area contributed by atoms with Crippen LogP contribution >= 0.6 is 11.8 Å². The number of hydrogen-bond acceptors (Lipinski definition) is 3. The molecule has 0 aromatic rings. The molecule has 0 bridgehead atoms. The molecular formula is C13H24N2O2S. The van der Waals surface area contributed by atoms with Gasteiger partial charge in [0.25, 0.3) is 0 Å². The fraction of sp³-hybridized carbons (Fsp3) is 0.846. The van der Waals surface area contributed by atoms with Crippen LogP contribution in [-0.2, 0) is 9.59 Å². The van der Waals surface area contributed by atoms with Gasteiger partial charge in [0.1, 0.15) is 12.1 Å². The van der Waals surface area contributed by atoms with Crippen LogP contribution in [0.15, 0.2) is 0 Å². The molecule has 4 nitrogen and oxygen atoms in total. The predicted octanol–water partition coefficient (Wildman–Crippen LogP) is 1.50. The van der Waals surface area contributed by atoms with Gasteiger partial charge in [0.2, 0.25) is 11.8 Å². The van der Waals surface area contributed by atoms with Crippen LogP contribution in [-0.4, -0.2) is 47.4 Å². The Bertz CT molecular complexity index is 307. The Kier molecular flexibility index (Phi) is 5.99. The molecule has 2 atom stereocenters. The van der Waals surface area contributed by atoms with Crippen molar-refractivity contribution < 1.29 is 9.59 Å². The van der Waals surface area contributed by atoms with Crippen molar-refractivity contribution in [3.05, 3.63) is 0 Å². The number of hydrogen-bond donors (Lipinski definition) is 1. The molecule has 18 heavy (non-hydrogen) atoms. The third kappa shape index (κ3) is 3.64. The molecule has 0 aliphatic carbocycles. The van der Waals surface area contributed by atoms with E-state index >= 15 is 0 Å². The Morgan fingerprint density at radius 2 is 2.00 bits per heavy atom. The molecule has 0 saturated carbocycles. The first-order valence-electron chi connectivity index (χ1n) is 6.58. The SMILES string of the molecule is CSCCCCN1C(=O)C(C)NC(=O)C1C(C)C. The normalized spacial score (nSPS) is 24.6. The van der Waals surface area contributed by atoms with E-state index in [1.807, 2.05) is 25.6 Å². The summed E-state index contributed by atoms with van der Waals surface area (Å²) in [5.41, 5.74) is 0. The van der Waals surface area contributed by atoms with Gasteiger partial charge in [-0.15, -0.1) is 0 Å². The molecule has 1 aliphatic heterocycles. The lowest BCUT2D eigenvalue weighted by Gasteiger charge is -2.40. The zero-order chi connectivity index (χ0) is 13.7. The molecule has 5 heteroatoms. The van der Waals surface area contributed by atoms with Gasteiger partial charge < -0.3 is 10.2 Å². The van der Waals surface area contributed by atoms with Crippen LogP contribution in [0.1, 0.15) is 33.6 Å². The lowest BCUT2D eigenvalue weighted by atomic mass is 9.97. The van der Waals surface area contributed by atoms with E-state index in [1.54, 1.807) is 11.8 Å². The second-order valence-electron chi connectivity index (χ2n) is 5.15. The fourth-order valence-electron chi connectivity index (χ4n) is 2.33. The van der Waals surface area contributed by atoms with E-state index in [0.717, 1.165) is 18.6 Å². The van der Waals surface area contributed by atoms with Gasteiger partial charge in [-0.05, 0) is 37.7 Å². The quantitative estimate of drug-likeness (QED) is 0.746. The van der Waals surface area contributed by atoms with Crippen molar-refractivity contribution in [2.45, 2.75) is 45.7 Å². The maximum absolute atomic E-state index is 12.2. The highest BCUT2D eigenvalue weighted by Crippen LogP contribution is 2.18. The second kappa shape index (κ2) is 7.02. The van der Waals surface area contributed by atoms with Gasteiger partial charge in [0.15, 0.2) is 0 Å². The van der Waals surface area contributed by atoms with Crippen LogP contribution in [0.25, 0.3) is 0 Å². The standard InChI is InChI=1S/C13H24N2O2S/c1-9(2)11-12(16)14-10(3)13(17)15(11)7-5-6-8-18-4/h9-11H,5-8H2,1-4H3,(H,14,16). The number of carbonyl (C=O) groups is 2. The van der Waals surface area contributed by atoms with E-state index in [1.165, 1.54) is 0 Å². The summed E-state index contributed by atoms with van der Waals surface area (Å²) in [5, 5.41) is 2.76. The Morgan fingerprint density at radius 1 is 1.33 bits per heavy atom. The van der Waals surface area contributed by atoms with E-state index in [-0.39, 0.29) is 29.8 Å². The fourth-order valence-corrected chi connectivity index (χ4v) is 2.82. The van der Waals surface area contributed by atoms with E-state index < -0.39 is 0 Å². The molecule has 2 unspecified atom stereocenters. The van der Waals surface area contributed by atoms with Crippen LogP contribution < -0.4 is 5.32 Å². The van der Waals surface area contributed by atoms with E-state index in [0.29, 0.717) is 6.54 Å². The molecule has 1 fully saturated rings. The summed E-state index contributed by atoms with van der Waals surface area (Å²) in [6.07, 6.45) is 4.14. The van der Waals surface area contributed by atoms with Crippen molar-refractivity contribution in [2.24, 2.45) is 5.92 Å². The molecule has 0 radical (unpaired) electrons. The average Bonchev–Trinajstić information content (AvgIpc) is 2.29. The van der Waals surface area contributed by atoms with Crippen molar-refractivity contribution in [1.29, 1.82) is 0 Å². The Balaban J connectivity index is 2.66. The van der Waals surface area contributed by atoms with Crippen LogP contribution in [0, 0.1) is 5.92 Å². The third-order valence-corrected chi connectivity index (χ3v) is 3.94. The highest BCUT2D eigenvalue weighted by Gasteiger charge is 2.39. The first kappa shape index (κ1) is 15.3. The van der Waals surface area contributed by atoms with Gasteiger partial charge in [-0.2, -0.15) is 11.8 Å². The minimum atomic E-state index is -0.381. The predicted molar refractivity (Wildman–Crippen MR) is 75.6 cm³/mol. The van der Waals surface area contributed by atoms with Crippen molar-refractivity contribution in [2.75, 3.05) is 18.6 Å². The van der Waals surface area contributed by atoms with E-state index in [2.05, 4.69) is 11.6 Å². The highest BCUT2D eigenvalue weighted by molar-refractivity contribution is 7.98. The maximum atomic E-state index is 12.2. The van der Waals surface area contributed by atoms with E-state index in [4.69, 9.17) is 0 Å². The van der Waals surface area contributed by atoms with Crippen LogP contribution in [0.3, 0.4) is 0 Å². The lowest BCUT2D eigenvalue weighted by molar-refractivity contribution is -0.150. The molecule has 2 amide bonds. The number of rotatable bonds is 6. The first-order chi connectivity index (χ1) is 8.49. The Hall–Kier alpha value is -0.710. The van der Waals surface area contributed by atoms with Gasteiger partial charge in [0, 0.05) is 6.54 Å². The summed E-state index contributed by atoms with van der Waals surface area (Å²) < 4.78 is 0. The average molecular weight is 272 g/mol. The molecule has 1 N–H and O–H groups in total. The van der Waals surface area contributed by atoms with Gasteiger partial charge >= 0.3 is 0 Å². The van der Waals surface area contributed by atoms with Gasteiger partial charge in [0.05, 0.1) is 0 Å². The molecular weight excluding hydrogens is 248 g/mol. The largest absolute Gasteiger partial charge is 0.343 e. The summed E-state index contributed by atoms with van der Waals surface area (Å²) in [5.74, 6) is 1.30. The molecule has 1 heterocycles. The monoisotopic (exact) mass is 272 g/mol. The summed E-state index contributed by atoms with van der Waals surface area (Å²) >= 11 is 1.81. The van der Waals surface area contributed by atoms with Crippen LogP contribution in [0.5, 0.6) is 0 Å². The zero-order valence-electron chi connectivity index (χ0n) is 11.7. The number of piperazine rings is 1. The Morgan fingerprint density at radius 3 is 2.56 bits per heavy atom. The molecule has 0 aromatic heterocycles. The maximum Gasteiger partial charge on any atom is 0.245 e. The molecule has 104 valence electrons. The van der Waals surface area contributed by atoms with Crippen molar-refractivity contribution in [3.63, 3.8) is 0 Å². The second-order valence-corrected chi connectivity index (χ2v) is 6.14. The summed E-state index contributed by atoms with van der Waals surface area (Å²) in [4.78, 5) is 25.9. The summed E-state index contributed by atoms with van der Waals surface area (Å²) in [6.45, 7) is 6.43. The smallest absolute Gasteiger partial charge is 0.245 e. The number of nitrogens with zero attached hydrogens (tertiary/aromatic N) is 1. The Labute approximate surface area is 114 Å². The third-order valence-electron chi connectivity index (χ3n) is 3.25. The van der Waals surface area contributed by atoms with Crippen LogP contribution in [0.2, 0.25) is 0 Å². The zero-order valence-corrected chi connectivity index (χ0v) is 12.5. The number of thioether (sulfide) groups is 1. The number of unbranched alkanes of at least 4 members (excludes halogenated alkanes) is 1. The number of carbonyl (C=O) groups excluding carboxylic acids is 2. The van der Waals surface area contributed by atoms with Gasteiger partial charge in [-0.25, -0.2) is 0 Å². The number of nitrogens with one attached hydrogen (secondary N) is 1. The van der Waals surface area contributed by atoms with Gasteiger partial charge in [-0.3, -0.25) is 9.59 Å². The molecule has 1 rings (SSSR count). The minimum Gasteiger partial charge on any atom is -0.343 e. The van der Waals surface area contributed by atoms with Crippen molar-refractivity contribution in [1.82, 2.24) is 10.2 Å². The molecule has 1 aliphatic rings. The topological polar surface area (TPSA) is 49.4 Å². The highest BCUT2D eigenvalue weighted by atomic mass is 32.2. The molecule has 0 aromatic carbocycles. The minimum absolute atomic E-state index is 0.0121. The van der Waals surface area contributed by atoms with E-state index in [9.17, 15) is 9.59 Å². The van der Waals surface area contributed by atoms with Crippen molar-refractivity contribution >= 4 is 23.6 Å². The molecule has 0 spiro atoms. The summed E-state index contributed by atoms with van der Waals surface area (Å²) in [6, 6.07) is -0.684. The van der Waals surface area contributed by atoms with Crippen molar-refractivity contribution in [3.8, 4) is 0 Å². The van der Waals surface area contributed by atoms with Gasteiger partial charge in [-0.1, -0.05) is 13.8 Å². The number of amides is 2. The summed E-state index contributed by atoms with van der Waals surface area (Å²) in [7, 11) is 0.